The van der Waals surface area contributed by atoms with E-state index in [1.54, 1.807) is 29.2 Å². The Balaban J connectivity index is 1.88. The molecule has 5 nitrogen and oxygen atoms in total. The van der Waals surface area contributed by atoms with Crippen LogP contribution in [0.5, 0.6) is 0 Å². The molecule has 0 spiro atoms. The van der Waals surface area contributed by atoms with E-state index >= 15 is 0 Å². The molecule has 1 amide bonds. The Morgan fingerprint density at radius 3 is 2.54 bits per heavy atom. The van der Waals surface area contributed by atoms with Crippen molar-refractivity contribution in [1.29, 1.82) is 0 Å². The van der Waals surface area contributed by atoms with Crippen LogP contribution in [0.3, 0.4) is 0 Å². The van der Waals surface area contributed by atoms with Crippen LogP contribution in [0.4, 0.5) is 0 Å². The Kier molecular flexibility index (Phi) is 4.91. The molecule has 132 valence electrons. The molecule has 7 heteroatoms. The maximum Gasteiger partial charge on any atom is 0.255 e. The second kappa shape index (κ2) is 6.65. The molecule has 2 heterocycles. The normalized spacial score (nSPS) is 26.6. The van der Waals surface area contributed by atoms with E-state index in [1.165, 1.54) is 0 Å². The second-order valence-corrected chi connectivity index (χ2v) is 9.64. The Bertz CT molecular complexity index is 735. The number of carbonyl (C=O) groups is 1. The predicted octanol–water partition coefficient (Wildman–Crippen LogP) is 1.92. The summed E-state index contributed by atoms with van der Waals surface area (Å²) >= 11 is 6.16. The van der Waals surface area contributed by atoms with Gasteiger partial charge in [-0.1, -0.05) is 37.6 Å². The second-order valence-electron chi connectivity index (χ2n) is 7.08. The lowest BCUT2D eigenvalue weighted by Gasteiger charge is -2.44. The highest BCUT2D eigenvalue weighted by Gasteiger charge is 2.48. The molecular formula is C17H23ClN2O3S. The van der Waals surface area contributed by atoms with Crippen molar-refractivity contribution in [1.82, 2.24) is 9.80 Å². The largest absolute Gasteiger partial charge is 0.332 e. The first kappa shape index (κ1) is 17.7. The molecular weight excluding hydrogens is 348 g/mol. The van der Waals surface area contributed by atoms with Crippen LogP contribution in [0.25, 0.3) is 0 Å². The van der Waals surface area contributed by atoms with Crippen molar-refractivity contribution < 1.29 is 13.2 Å². The number of benzene rings is 1. The predicted molar refractivity (Wildman–Crippen MR) is 95.1 cm³/mol. The van der Waals surface area contributed by atoms with E-state index in [0.717, 1.165) is 6.54 Å². The monoisotopic (exact) mass is 370 g/mol. The number of sulfone groups is 1. The Labute approximate surface area is 148 Å². The molecule has 0 saturated carbocycles. The van der Waals surface area contributed by atoms with Gasteiger partial charge in [-0.05, 0) is 18.1 Å². The summed E-state index contributed by atoms with van der Waals surface area (Å²) in [4.78, 5) is 16.9. The number of carbonyl (C=O) groups excluding carboxylic acids is 1. The van der Waals surface area contributed by atoms with Gasteiger partial charge in [-0.25, -0.2) is 8.42 Å². The summed E-state index contributed by atoms with van der Waals surface area (Å²) in [7, 11) is -3.12. The fraction of sp³-hybridized carbons (Fsp3) is 0.588. The lowest BCUT2D eigenvalue weighted by Crippen LogP contribution is -2.61. The minimum atomic E-state index is -3.12. The van der Waals surface area contributed by atoms with E-state index in [-0.39, 0.29) is 29.5 Å². The van der Waals surface area contributed by atoms with Gasteiger partial charge in [0.25, 0.3) is 5.91 Å². The Morgan fingerprint density at radius 2 is 1.88 bits per heavy atom. The Hall–Kier alpha value is -1.11. The molecule has 0 bridgehead atoms. The summed E-state index contributed by atoms with van der Waals surface area (Å²) in [6.45, 7) is 6.34. The van der Waals surface area contributed by atoms with E-state index in [0.29, 0.717) is 29.6 Å². The van der Waals surface area contributed by atoms with Crippen LogP contribution in [0, 0.1) is 5.92 Å². The highest BCUT2D eigenvalue weighted by molar-refractivity contribution is 7.91. The number of hydrogen-bond donors (Lipinski definition) is 0. The maximum atomic E-state index is 12.9. The number of rotatable bonds is 3. The molecule has 1 aromatic rings. The number of hydrogen-bond acceptors (Lipinski definition) is 4. The zero-order valence-electron chi connectivity index (χ0n) is 14.0. The summed E-state index contributed by atoms with van der Waals surface area (Å²) < 4.78 is 24.4. The summed E-state index contributed by atoms with van der Waals surface area (Å²) in [6.07, 6.45) is 0. The van der Waals surface area contributed by atoms with Gasteiger partial charge in [0.1, 0.15) is 0 Å². The van der Waals surface area contributed by atoms with Crippen LogP contribution in [0.2, 0.25) is 5.02 Å². The van der Waals surface area contributed by atoms with E-state index in [4.69, 9.17) is 11.6 Å². The molecule has 1 aromatic carbocycles. The van der Waals surface area contributed by atoms with Crippen molar-refractivity contribution in [3.05, 3.63) is 34.9 Å². The van der Waals surface area contributed by atoms with Gasteiger partial charge in [0, 0.05) is 25.7 Å². The average Bonchev–Trinajstić information content (AvgIpc) is 2.82. The topological polar surface area (TPSA) is 57.7 Å². The van der Waals surface area contributed by atoms with E-state index in [9.17, 15) is 13.2 Å². The van der Waals surface area contributed by atoms with Crippen molar-refractivity contribution in [3.8, 4) is 0 Å². The van der Waals surface area contributed by atoms with Crippen LogP contribution >= 0.6 is 11.6 Å². The standard InChI is InChI=1S/C17H23ClN2O3S/c1-12(2)9-19-7-8-20(16-11-24(22,23)10-15(16)19)17(21)13-5-3-4-6-14(13)18/h3-6,12,15-16H,7-11H2,1-2H3/t15-,16+/m0/s1. The third kappa shape index (κ3) is 3.46. The zero-order valence-corrected chi connectivity index (χ0v) is 15.6. The van der Waals surface area contributed by atoms with Gasteiger partial charge >= 0.3 is 0 Å². The van der Waals surface area contributed by atoms with Crippen molar-refractivity contribution in [3.63, 3.8) is 0 Å². The molecule has 24 heavy (non-hydrogen) atoms. The van der Waals surface area contributed by atoms with Gasteiger partial charge in [-0.3, -0.25) is 9.69 Å². The summed E-state index contributed by atoms with van der Waals surface area (Å²) in [5, 5.41) is 0.407. The molecule has 2 fully saturated rings. The summed E-state index contributed by atoms with van der Waals surface area (Å²) in [5.41, 5.74) is 0.444. The van der Waals surface area contributed by atoms with E-state index in [2.05, 4.69) is 18.7 Å². The number of fused-ring (bicyclic) bond motifs is 1. The molecule has 0 radical (unpaired) electrons. The summed E-state index contributed by atoms with van der Waals surface area (Å²) in [6, 6.07) is 6.54. The van der Waals surface area contributed by atoms with E-state index in [1.807, 2.05) is 0 Å². The molecule has 0 unspecified atom stereocenters. The Morgan fingerprint density at radius 1 is 1.21 bits per heavy atom. The molecule has 2 aliphatic heterocycles. The number of piperazine rings is 1. The van der Waals surface area contributed by atoms with Crippen molar-refractivity contribution in [2.75, 3.05) is 31.1 Å². The van der Waals surface area contributed by atoms with Crippen LogP contribution in [-0.4, -0.2) is 67.3 Å². The van der Waals surface area contributed by atoms with Gasteiger partial charge in [0.2, 0.25) is 0 Å². The van der Waals surface area contributed by atoms with Crippen LogP contribution in [0.15, 0.2) is 24.3 Å². The van der Waals surface area contributed by atoms with Gasteiger partial charge in [0.15, 0.2) is 9.84 Å². The highest BCUT2D eigenvalue weighted by Crippen LogP contribution is 2.29. The highest BCUT2D eigenvalue weighted by atomic mass is 35.5. The van der Waals surface area contributed by atoms with Gasteiger partial charge in [-0.2, -0.15) is 0 Å². The van der Waals surface area contributed by atoms with Crippen molar-refractivity contribution >= 4 is 27.3 Å². The van der Waals surface area contributed by atoms with Crippen LogP contribution < -0.4 is 0 Å². The fourth-order valence-corrected chi connectivity index (χ4v) is 5.99. The van der Waals surface area contributed by atoms with Crippen LogP contribution in [0.1, 0.15) is 24.2 Å². The van der Waals surface area contributed by atoms with Gasteiger partial charge < -0.3 is 4.90 Å². The molecule has 3 rings (SSSR count). The molecule has 0 aliphatic carbocycles. The molecule has 2 atom stereocenters. The third-order valence-electron chi connectivity index (χ3n) is 4.76. The third-order valence-corrected chi connectivity index (χ3v) is 6.78. The first-order chi connectivity index (χ1) is 11.3. The molecule has 2 saturated heterocycles. The lowest BCUT2D eigenvalue weighted by molar-refractivity contribution is 0.0297. The zero-order chi connectivity index (χ0) is 17.5. The fourth-order valence-electron chi connectivity index (χ4n) is 3.76. The number of halogens is 1. The van der Waals surface area contributed by atoms with Crippen molar-refractivity contribution in [2.24, 2.45) is 5.92 Å². The SMILES string of the molecule is CC(C)CN1CCN(C(=O)c2ccccc2Cl)[C@@H]2CS(=O)(=O)C[C@@H]21. The summed E-state index contributed by atoms with van der Waals surface area (Å²) in [5.74, 6) is 0.468. The maximum absolute atomic E-state index is 12.9. The van der Waals surface area contributed by atoms with Gasteiger partial charge in [-0.15, -0.1) is 0 Å². The quantitative estimate of drug-likeness (QED) is 0.815. The lowest BCUT2D eigenvalue weighted by atomic mass is 10.0. The molecule has 2 aliphatic rings. The number of amides is 1. The smallest absolute Gasteiger partial charge is 0.255 e. The van der Waals surface area contributed by atoms with Crippen molar-refractivity contribution in [2.45, 2.75) is 25.9 Å². The van der Waals surface area contributed by atoms with Gasteiger partial charge in [0.05, 0.1) is 28.1 Å². The van der Waals surface area contributed by atoms with Crippen LogP contribution in [-0.2, 0) is 9.84 Å². The van der Waals surface area contributed by atoms with E-state index < -0.39 is 9.84 Å². The first-order valence-electron chi connectivity index (χ1n) is 8.28. The first-order valence-corrected chi connectivity index (χ1v) is 10.5. The average molecular weight is 371 g/mol. The minimum absolute atomic E-state index is 0.0441. The minimum Gasteiger partial charge on any atom is -0.332 e. The molecule has 0 aromatic heterocycles. The molecule has 0 N–H and O–H groups in total. The number of nitrogens with zero attached hydrogens (tertiary/aromatic N) is 2.